The van der Waals surface area contributed by atoms with Crippen molar-refractivity contribution in [3.63, 3.8) is 0 Å². The molecule has 16 heavy (non-hydrogen) atoms. The van der Waals surface area contributed by atoms with E-state index in [4.69, 9.17) is 10.5 Å². The second kappa shape index (κ2) is 6.55. The van der Waals surface area contributed by atoms with Crippen LogP contribution in [-0.2, 0) is 4.74 Å². The number of nitrogens with two attached hydrogens (primary N) is 1. The van der Waals surface area contributed by atoms with Crippen molar-refractivity contribution in [2.45, 2.75) is 19.0 Å². The predicted octanol–water partition coefficient (Wildman–Crippen LogP) is 1.12. The highest BCUT2D eigenvalue weighted by molar-refractivity contribution is 7.99. The molecule has 0 aliphatic heterocycles. The van der Waals surface area contributed by atoms with Crippen LogP contribution in [0.15, 0.2) is 16.0 Å². The summed E-state index contributed by atoms with van der Waals surface area (Å²) in [6.45, 7) is 5.59. The van der Waals surface area contributed by atoms with Crippen molar-refractivity contribution in [3.8, 4) is 0 Å². The van der Waals surface area contributed by atoms with Gasteiger partial charge < -0.3 is 15.5 Å². The lowest BCUT2D eigenvalue weighted by molar-refractivity contribution is 0.124. The number of rotatable bonds is 6. The average Bonchev–Trinajstić information content (AvgIpc) is 2.15. The number of aromatic nitrogens is 2. The lowest BCUT2D eigenvalue weighted by Crippen LogP contribution is -2.10. The molecule has 5 nitrogen and oxygen atoms in total. The molecule has 0 aromatic carbocycles. The fourth-order valence-electron chi connectivity index (χ4n) is 1.04. The van der Waals surface area contributed by atoms with Crippen LogP contribution in [-0.4, -0.2) is 28.9 Å². The first-order chi connectivity index (χ1) is 7.58. The summed E-state index contributed by atoms with van der Waals surface area (Å²) < 4.78 is 5.41. The summed E-state index contributed by atoms with van der Waals surface area (Å²) >= 11 is 1.43. The molecule has 0 atom stereocenters. The predicted molar refractivity (Wildman–Crippen MR) is 65.7 cm³/mol. The third-order valence-electron chi connectivity index (χ3n) is 1.66. The summed E-state index contributed by atoms with van der Waals surface area (Å²) in [5, 5.41) is 0.540. The van der Waals surface area contributed by atoms with Crippen LogP contribution in [0.25, 0.3) is 0 Å². The summed E-state index contributed by atoms with van der Waals surface area (Å²) in [5.74, 6) is 1.53. The Labute approximate surface area is 98.8 Å². The van der Waals surface area contributed by atoms with E-state index in [0.29, 0.717) is 17.7 Å². The van der Waals surface area contributed by atoms with Crippen LogP contribution in [0.5, 0.6) is 0 Å². The maximum Gasteiger partial charge on any atom is 0.253 e. The Morgan fingerprint density at radius 1 is 1.62 bits per heavy atom. The van der Waals surface area contributed by atoms with Crippen LogP contribution in [0.4, 0.5) is 5.82 Å². The first-order valence-electron chi connectivity index (χ1n) is 5.15. The number of hydrogen-bond acceptors (Lipinski definition) is 5. The van der Waals surface area contributed by atoms with Crippen LogP contribution in [0.1, 0.15) is 13.8 Å². The molecule has 0 spiro atoms. The molecule has 0 bridgehead atoms. The molecule has 0 saturated heterocycles. The highest BCUT2D eigenvalue weighted by Crippen LogP contribution is 2.11. The van der Waals surface area contributed by atoms with E-state index in [1.807, 2.05) is 0 Å². The molecule has 0 amide bonds. The lowest BCUT2D eigenvalue weighted by Gasteiger charge is -2.06. The fourth-order valence-corrected chi connectivity index (χ4v) is 1.78. The van der Waals surface area contributed by atoms with Gasteiger partial charge in [0.25, 0.3) is 5.56 Å². The number of ether oxygens (including phenoxy) is 1. The SMILES string of the molecule is CC(C)COCCSc1nc(N)cc(=O)[nH]1. The molecule has 0 radical (unpaired) electrons. The zero-order valence-electron chi connectivity index (χ0n) is 9.53. The minimum atomic E-state index is -0.224. The summed E-state index contributed by atoms with van der Waals surface area (Å²) in [7, 11) is 0. The van der Waals surface area contributed by atoms with Crippen LogP contribution in [0.3, 0.4) is 0 Å². The summed E-state index contributed by atoms with van der Waals surface area (Å²) in [6, 6.07) is 1.26. The van der Waals surface area contributed by atoms with E-state index >= 15 is 0 Å². The van der Waals surface area contributed by atoms with Crippen molar-refractivity contribution in [1.29, 1.82) is 0 Å². The number of nitrogens with zero attached hydrogens (tertiary/aromatic N) is 1. The first-order valence-corrected chi connectivity index (χ1v) is 6.14. The van der Waals surface area contributed by atoms with Gasteiger partial charge >= 0.3 is 0 Å². The summed E-state index contributed by atoms with van der Waals surface area (Å²) in [5.41, 5.74) is 5.23. The maximum atomic E-state index is 11.1. The molecular formula is C10H17N3O2S. The number of anilines is 1. The second-order valence-electron chi connectivity index (χ2n) is 3.79. The Morgan fingerprint density at radius 3 is 3.00 bits per heavy atom. The molecule has 1 rings (SSSR count). The van der Waals surface area contributed by atoms with Gasteiger partial charge in [0.1, 0.15) is 5.82 Å². The third-order valence-corrected chi connectivity index (χ3v) is 2.49. The second-order valence-corrected chi connectivity index (χ2v) is 4.88. The van der Waals surface area contributed by atoms with Crippen molar-refractivity contribution in [3.05, 3.63) is 16.4 Å². The van der Waals surface area contributed by atoms with E-state index in [9.17, 15) is 4.79 Å². The molecule has 0 aliphatic rings. The molecule has 3 N–H and O–H groups in total. The third kappa shape index (κ3) is 5.18. The molecule has 0 fully saturated rings. The van der Waals surface area contributed by atoms with E-state index in [1.165, 1.54) is 17.8 Å². The molecule has 0 saturated carbocycles. The monoisotopic (exact) mass is 243 g/mol. The Hall–Kier alpha value is -1.01. The van der Waals surface area contributed by atoms with Crippen molar-refractivity contribution in [1.82, 2.24) is 9.97 Å². The Kier molecular flexibility index (Phi) is 5.34. The maximum absolute atomic E-state index is 11.1. The van der Waals surface area contributed by atoms with Gasteiger partial charge in [-0.3, -0.25) is 4.79 Å². The highest BCUT2D eigenvalue weighted by Gasteiger charge is 2.00. The number of nitrogen functional groups attached to an aromatic ring is 1. The number of aromatic amines is 1. The fraction of sp³-hybridized carbons (Fsp3) is 0.600. The van der Waals surface area contributed by atoms with Gasteiger partial charge in [-0.25, -0.2) is 4.98 Å². The molecule has 1 heterocycles. The lowest BCUT2D eigenvalue weighted by atomic mass is 10.2. The zero-order chi connectivity index (χ0) is 12.0. The molecule has 6 heteroatoms. The average molecular weight is 243 g/mol. The Bertz CT molecular complexity index is 379. The topological polar surface area (TPSA) is 81.0 Å². The van der Waals surface area contributed by atoms with Gasteiger partial charge in [0.15, 0.2) is 5.16 Å². The van der Waals surface area contributed by atoms with Gasteiger partial charge in [-0.15, -0.1) is 0 Å². The van der Waals surface area contributed by atoms with Crippen molar-refractivity contribution < 1.29 is 4.74 Å². The molecule has 0 aliphatic carbocycles. The molecule has 90 valence electrons. The molecule has 1 aromatic heterocycles. The van der Waals surface area contributed by atoms with Crippen molar-refractivity contribution in [2.24, 2.45) is 5.92 Å². The largest absolute Gasteiger partial charge is 0.383 e. The van der Waals surface area contributed by atoms with Crippen LogP contribution in [0.2, 0.25) is 0 Å². The smallest absolute Gasteiger partial charge is 0.253 e. The zero-order valence-corrected chi connectivity index (χ0v) is 10.3. The van der Waals surface area contributed by atoms with Gasteiger partial charge in [0, 0.05) is 18.4 Å². The van der Waals surface area contributed by atoms with Crippen LogP contribution >= 0.6 is 11.8 Å². The number of H-pyrrole nitrogens is 1. The molecular weight excluding hydrogens is 226 g/mol. The molecule has 0 unspecified atom stereocenters. The normalized spacial score (nSPS) is 10.9. The van der Waals surface area contributed by atoms with E-state index in [-0.39, 0.29) is 11.4 Å². The van der Waals surface area contributed by atoms with Gasteiger partial charge in [0.2, 0.25) is 0 Å². The van der Waals surface area contributed by atoms with Crippen LogP contribution in [0, 0.1) is 5.92 Å². The standard InChI is InChI=1S/C10H17N3O2S/c1-7(2)6-15-3-4-16-10-12-8(11)5-9(14)13-10/h5,7H,3-4,6H2,1-2H3,(H3,11,12,13,14). The summed E-state index contributed by atoms with van der Waals surface area (Å²) in [4.78, 5) is 17.7. The minimum absolute atomic E-state index is 0.224. The van der Waals surface area contributed by atoms with E-state index in [0.717, 1.165) is 12.4 Å². The summed E-state index contributed by atoms with van der Waals surface area (Å²) in [6.07, 6.45) is 0. The minimum Gasteiger partial charge on any atom is -0.383 e. The van der Waals surface area contributed by atoms with E-state index in [1.54, 1.807) is 0 Å². The Balaban J connectivity index is 2.29. The molecule has 1 aromatic rings. The van der Waals surface area contributed by atoms with Gasteiger partial charge in [-0.1, -0.05) is 25.6 Å². The quantitative estimate of drug-likeness (QED) is 0.444. The van der Waals surface area contributed by atoms with Crippen molar-refractivity contribution >= 4 is 17.6 Å². The first kappa shape index (κ1) is 13.1. The van der Waals surface area contributed by atoms with Crippen LogP contribution < -0.4 is 11.3 Å². The van der Waals surface area contributed by atoms with Gasteiger partial charge in [0.05, 0.1) is 6.61 Å². The van der Waals surface area contributed by atoms with Gasteiger partial charge in [-0.2, -0.15) is 0 Å². The van der Waals surface area contributed by atoms with Crippen molar-refractivity contribution in [2.75, 3.05) is 24.7 Å². The van der Waals surface area contributed by atoms with E-state index in [2.05, 4.69) is 23.8 Å². The number of nitrogens with one attached hydrogen (secondary N) is 1. The van der Waals surface area contributed by atoms with E-state index < -0.39 is 0 Å². The van der Waals surface area contributed by atoms with Gasteiger partial charge in [-0.05, 0) is 5.92 Å². The highest BCUT2D eigenvalue weighted by atomic mass is 32.2. The number of hydrogen-bond donors (Lipinski definition) is 2. The Morgan fingerprint density at radius 2 is 2.38 bits per heavy atom. The number of thioether (sulfide) groups is 1.